The van der Waals surface area contributed by atoms with Crippen LogP contribution in [0.5, 0.6) is 11.5 Å². The van der Waals surface area contributed by atoms with Crippen molar-refractivity contribution < 1.29 is 13.0 Å². The van der Waals surface area contributed by atoms with Gasteiger partial charge in [0, 0.05) is 55.6 Å². The molecule has 0 radical (unpaired) electrons. The Hall–Kier alpha value is -9.45. The SMILES string of the molecule is [2H]c1c(Oc2ccc3c4cc(-c5ccccc5)ccc4n(-c4cc(C([2H])([2H])[2H])c(-c5ccccc5)cn4)c3c2)cc(N2CN(c3c(-c4ccc(C(C)(C)C)cc4)cccc3-c3cccc(-c4ccccc4)c3)c3ccccc32)c([2H])c1[2H]. The Morgan fingerprint density at radius 3 is 1.79 bits per heavy atom. The van der Waals surface area contributed by atoms with Crippen LogP contribution < -0.4 is 14.5 Å². The third-order valence-corrected chi connectivity index (χ3v) is 14.6. The number of aryl methyl sites for hydroxylation is 1. The van der Waals surface area contributed by atoms with E-state index in [1.54, 1.807) is 18.3 Å². The molecule has 0 saturated carbocycles. The highest BCUT2D eigenvalue weighted by atomic mass is 16.5. The van der Waals surface area contributed by atoms with Crippen LogP contribution in [-0.2, 0) is 5.41 Å². The topological polar surface area (TPSA) is 33.5 Å². The number of aromatic nitrogens is 2. The van der Waals surface area contributed by atoms with Gasteiger partial charge in [0.05, 0.1) is 32.2 Å². The summed E-state index contributed by atoms with van der Waals surface area (Å²) in [6.07, 6.45) is 1.64. The maximum Gasteiger partial charge on any atom is 0.137 e. The van der Waals surface area contributed by atoms with Gasteiger partial charge in [0.1, 0.15) is 24.0 Å². The van der Waals surface area contributed by atoms with E-state index < -0.39 is 6.85 Å². The van der Waals surface area contributed by atoms with Crippen molar-refractivity contribution in [1.29, 1.82) is 0 Å². The third kappa shape index (κ3) is 8.56. The maximum absolute atomic E-state index is 9.55. The quantitative estimate of drug-likeness (QED) is 0.137. The van der Waals surface area contributed by atoms with Crippen LogP contribution in [0.2, 0.25) is 0 Å². The van der Waals surface area contributed by atoms with E-state index in [4.69, 9.17) is 13.8 Å². The molecule has 76 heavy (non-hydrogen) atoms. The number of nitrogens with zero attached hydrogens (tertiary/aromatic N) is 4. The first-order chi connectivity index (χ1) is 39.7. The molecule has 12 aromatic rings. The van der Waals surface area contributed by atoms with Crippen LogP contribution in [0.15, 0.2) is 255 Å². The Kier molecular flexibility index (Phi) is 10.1. The lowest BCUT2D eigenvalue weighted by molar-refractivity contribution is 0.483. The Balaban J connectivity index is 0.930. The minimum Gasteiger partial charge on any atom is -0.457 e. The molecule has 0 aliphatic carbocycles. The second-order valence-corrected chi connectivity index (χ2v) is 20.4. The fourth-order valence-electron chi connectivity index (χ4n) is 10.8. The fraction of sp³-hybridized carbons (Fsp3) is 0.0845. The first kappa shape index (κ1) is 40.0. The Bertz CT molecular complexity index is 4400. The van der Waals surface area contributed by atoms with E-state index in [2.05, 4.69) is 147 Å². The van der Waals surface area contributed by atoms with Crippen molar-refractivity contribution in [2.45, 2.75) is 33.0 Å². The van der Waals surface area contributed by atoms with Crippen LogP contribution in [-0.4, -0.2) is 16.2 Å². The zero-order valence-electron chi connectivity index (χ0n) is 48.4. The molecular weight excluding hydrogens is 925 g/mol. The molecule has 0 unspecified atom stereocenters. The molecule has 0 bridgehead atoms. The second-order valence-electron chi connectivity index (χ2n) is 20.4. The lowest BCUT2D eigenvalue weighted by Gasteiger charge is -2.28. The summed E-state index contributed by atoms with van der Waals surface area (Å²) in [5, 5.41) is 1.81. The molecule has 1 aliphatic rings. The van der Waals surface area contributed by atoms with Crippen molar-refractivity contribution in [1.82, 2.24) is 9.55 Å². The van der Waals surface area contributed by atoms with Gasteiger partial charge in [-0.2, -0.15) is 0 Å². The van der Waals surface area contributed by atoms with E-state index >= 15 is 0 Å². The first-order valence-electron chi connectivity index (χ1n) is 28.7. The average Bonchev–Trinajstić information content (AvgIpc) is 3.62. The zero-order chi connectivity index (χ0) is 56.4. The maximum atomic E-state index is 9.55. The molecule has 10 aromatic carbocycles. The Morgan fingerprint density at radius 1 is 0.474 bits per heavy atom. The number of rotatable bonds is 10. The van der Waals surface area contributed by atoms with Gasteiger partial charge in [0.25, 0.3) is 0 Å². The molecule has 0 atom stereocenters. The molecule has 0 amide bonds. The molecule has 13 rings (SSSR count). The number of benzene rings is 10. The summed E-state index contributed by atoms with van der Waals surface area (Å²) >= 11 is 0. The fourth-order valence-corrected chi connectivity index (χ4v) is 10.8. The molecule has 3 heterocycles. The Morgan fingerprint density at radius 2 is 1.08 bits per heavy atom. The van der Waals surface area contributed by atoms with Crippen molar-refractivity contribution in [2.75, 3.05) is 16.5 Å². The lowest BCUT2D eigenvalue weighted by atomic mass is 9.85. The molecule has 0 fully saturated rings. The average molecular weight is 987 g/mol. The second kappa shape index (κ2) is 19.1. The summed E-state index contributed by atoms with van der Waals surface area (Å²) in [7, 11) is 0. The van der Waals surface area contributed by atoms with Gasteiger partial charge in [-0.15, -0.1) is 0 Å². The van der Waals surface area contributed by atoms with E-state index in [9.17, 15) is 4.11 Å². The van der Waals surface area contributed by atoms with Crippen molar-refractivity contribution >= 4 is 44.6 Å². The molecule has 5 nitrogen and oxygen atoms in total. The highest BCUT2D eigenvalue weighted by molar-refractivity contribution is 6.11. The van der Waals surface area contributed by atoms with E-state index in [0.29, 0.717) is 28.3 Å². The molecule has 5 heteroatoms. The number of hydrogen-bond donors (Lipinski definition) is 0. The molecule has 366 valence electrons. The van der Waals surface area contributed by atoms with Crippen LogP contribution in [0.1, 0.15) is 40.1 Å². The molecule has 0 saturated heterocycles. The van der Waals surface area contributed by atoms with Gasteiger partial charge in [0.15, 0.2) is 0 Å². The number of hydrogen-bond acceptors (Lipinski definition) is 4. The molecular formula is C71H56N4O. The van der Waals surface area contributed by atoms with Gasteiger partial charge < -0.3 is 14.5 Å². The monoisotopic (exact) mass is 986 g/mol. The lowest BCUT2D eigenvalue weighted by Crippen LogP contribution is -2.25. The number of ether oxygens (including phenoxy) is 1. The molecule has 1 aliphatic heterocycles. The predicted molar refractivity (Wildman–Crippen MR) is 318 cm³/mol. The van der Waals surface area contributed by atoms with E-state index in [0.717, 1.165) is 83.4 Å². The smallest absolute Gasteiger partial charge is 0.137 e. The number of pyridine rings is 1. The predicted octanol–water partition coefficient (Wildman–Crippen LogP) is 19.2. The van der Waals surface area contributed by atoms with Crippen LogP contribution in [0.3, 0.4) is 0 Å². The molecule has 2 aromatic heterocycles. The highest BCUT2D eigenvalue weighted by Crippen LogP contribution is 2.51. The molecule has 0 N–H and O–H groups in total. The summed E-state index contributed by atoms with van der Waals surface area (Å²) in [6.45, 7) is 4.50. The van der Waals surface area contributed by atoms with Gasteiger partial charge in [-0.1, -0.05) is 197 Å². The van der Waals surface area contributed by atoms with E-state index in [1.807, 2.05) is 107 Å². The first-order valence-corrected chi connectivity index (χ1v) is 25.7. The summed E-state index contributed by atoms with van der Waals surface area (Å²) in [5.74, 6) is 0.900. The van der Waals surface area contributed by atoms with Gasteiger partial charge in [-0.05, 0) is 123 Å². The van der Waals surface area contributed by atoms with Gasteiger partial charge >= 0.3 is 0 Å². The van der Waals surface area contributed by atoms with E-state index in [1.165, 1.54) is 5.56 Å². The third-order valence-electron chi connectivity index (χ3n) is 14.6. The number of para-hydroxylation sites is 3. The molecule has 0 spiro atoms. The van der Waals surface area contributed by atoms with E-state index in [-0.39, 0.29) is 41.5 Å². The standard InChI is InChI=1S/C71H56N4O/c1-48-41-69(72-46-64(48)51-23-12-7-13-24-51)75-65-40-35-54(50-21-10-6-11-22-50)43-63(65)62-39-38-59(45-68(62)75)76-58-28-17-27-57(44-58)73-47-74(67-32-15-14-31-66(67)73)70-60(52-33-36-56(37-34-52)71(2,3)4)29-18-30-61(70)55-26-16-25-53(42-55)49-19-8-5-9-20-49/h5-46H,47H2,1-4H3/i1D3,17D,27D,28D. The van der Waals surface area contributed by atoms with Crippen molar-refractivity contribution in [3.8, 4) is 73.0 Å². The minimum absolute atomic E-state index is 0.0298. The number of anilines is 4. The van der Waals surface area contributed by atoms with Gasteiger partial charge in [-0.25, -0.2) is 4.98 Å². The largest absolute Gasteiger partial charge is 0.457 e. The van der Waals surface area contributed by atoms with Gasteiger partial charge in [0.2, 0.25) is 0 Å². The van der Waals surface area contributed by atoms with Crippen LogP contribution in [0.25, 0.3) is 83.3 Å². The van der Waals surface area contributed by atoms with Crippen LogP contribution in [0, 0.1) is 6.85 Å². The normalized spacial score (nSPS) is 13.7. The van der Waals surface area contributed by atoms with Crippen molar-refractivity contribution in [3.05, 3.63) is 266 Å². The summed E-state index contributed by atoms with van der Waals surface area (Å²) in [5.41, 5.74) is 15.8. The van der Waals surface area contributed by atoms with Crippen molar-refractivity contribution in [2.24, 2.45) is 0 Å². The Labute approximate surface area is 453 Å². The minimum atomic E-state index is -2.46. The van der Waals surface area contributed by atoms with Crippen LogP contribution >= 0.6 is 0 Å². The van der Waals surface area contributed by atoms with Crippen molar-refractivity contribution in [3.63, 3.8) is 0 Å². The summed E-state index contributed by atoms with van der Waals surface area (Å²) in [6, 6.07) is 76.8. The number of fused-ring (bicyclic) bond motifs is 4. The highest BCUT2D eigenvalue weighted by Gasteiger charge is 2.32. The summed E-state index contributed by atoms with van der Waals surface area (Å²) in [4.78, 5) is 9.31. The zero-order valence-corrected chi connectivity index (χ0v) is 42.4. The van der Waals surface area contributed by atoms with Crippen LogP contribution in [0.4, 0.5) is 22.7 Å². The summed E-state index contributed by atoms with van der Waals surface area (Å²) < 4.78 is 63.0. The van der Waals surface area contributed by atoms with Gasteiger partial charge in [-0.3, -0.25) is 4.57 Å².